The summed E-state index contributed by atoms with van der Waals surface area (Å²) in [4.78, 5) is 4.33. The number of hydrogen-bond donors (Lipinski definition) is 2. The Bertz CT molecular complexity index is 679. The second-order valence-corrected chi connectivity index (χ2v) is 6.17. The lowest BCUT2D eigenvalue weighted by atomic mass is 10.1. The van der Waals surface area contributed by atoms with Crippen LogP contribution in [0, 0.1) is 5.92 Å². The molecule has 2 atom stereocenters. The van der Waals surface area contributed by atoms with E-state index >= 15 is 0 Å². The number of fused-ring (bicyclic) bond motifs is 1. The summed E-state index contributed by atoms with van der Waals surface area (Å²) in [5, 5.41) is 13.0. The van der Waals surface area contributed by atoms with Crippen molar-refractivity contribution in [2.24, 2.45) is 13.0 Å². The first-order valence-electron chi connectivity index (χ1n) is 7.56. The van der Waals surface area contributed by atoms with E-state index < -0.39 is 17.8 Å². The summed E-state index contributed by atoms with van der Waals surface area (Å²) >= 11 is 0. The van der Waals surface area contributed by atoms with Crippen LogP contribution in [-0.4, -0.2) is 27.3 Å². The molecular weight excluding hydrogens is 307 g/mol. The second kappa shape index (κ2) is 6.49. The maximum absolute atomic E-state index is 12.8. The summed E-state index contributed by atoms with van der Waals surface area (Å²) in [7, 11) is 1.77. The molecule has 2 aromatic rings. The molecule has 0 amide bonds. The Balaban J connectivity index is 2.26. The number of benzene rings is 1. The minimum Gasteiger partial charge on any atom is -0.392 e. The normalized spacial score (nSPS) is 15.3. The van der Waals surface area contributed by atoms with Crippen LogP contribution in [0.25, 0.3) is 11.0 Å². The molecule has 0 aliphatic rings. The van der Waals surface area contributed by atoms with Crippen molar-refractivity contribution >= 4 is 11.0 Å². The van der Waals surface area contributed by atoms with E-state index in [2.05, 4.69) is 10.3 Å². The van der Waals surface area contributed by atoms with Crippen molar-refractivity contribution in [2.45, 2.75) is 39.1 Å². The van der Waals surface area contributed by atoms with E-state index in [1.54, 1.807) is 11.6 Å². The van der Waals surface area contributed by atoms with Gasteiger partial charge in [0, 0.05) is 13.6 Å². The fourth-order valence-corrected chi connectivity index (χ4v) is 2.41. The number of aliphatic hydroxyl groups is 1. The van der Waals surface area contributed by atoms with Crippen LogP contribution >= 0.6 is 0 Å². The number of aryl methyl sites for hydroxylation is 1. The first-order valence-corrected chi connectivity index (χ1v) is 7.56. The van der Waals surface area contributed by atoms with Crippen LogP contribution < -0.4 is 5.32 Å². The highest BCUT2D eigenvalue weighted by Gasteiger charge is 2.31. The van der Waals surface area contributed by atoms with E-state index in [1.165, 1.54) is 6.07 Å². The molecule has 7 heteroatoms. The highest BCUT2D eigenvalue weighted by molar-refractivity contribution is 5.77. The summed E-state index contributed by atoms with van der Waals surface area (Å²) < 4.78 is 40.1. The first-order chi connectivity index (χ1) is 10.6. The van der Waals surface area contributed by atoms with Crippen molar-refractivity contribution in [3.8, 4) is 0 Å². The minimum atomic E-state index is -4.38. The highest BCUT2D eigenvalue weighted by atomic mass is 19.4. The van der Waals surface area contributed by atoms with Crippen LogP contribution in [0.5, 0.6) is 0 Å². The zero-order chi connectivity index (χ0) is 17.4. The van der Waals surface area contributed by atoms with E-state index in [0.29, 0.717) is 23.4 Å². The quantitative estimate of drug-likeness (QED) is 0.885. The van der Waals surface area contributed by atoms with Crippen LogP contribution in [-0.2, 0) is 13.2 Å². The summed E-state index contributed by atoms with van der Waals surface area (Å²) in [6.45, 7) is 6.12. The lowest BCUT2D eigenvalue weighted by molar-refractivity contribution is -0.137. The third kappa shape index (κ3) is 3.84. The molecule has 0 fully saturated rings. The van der Waals surface area contributed by atoms with Crippen LogP contribution in [0.1, 0.15) is 38.2 Å². The molecule has 0 bridgehead atoms. The van der Waals surface area contributed by atoms with Gasteiger partial charge in [-0.1, -0.05) is 13.8 Å². The molecule has 2 rings (SSSR count). The summed E-state index contributed by atoms with van der Waals surface area (Å²) in [6.07, 6.45) is -4.86. The van der Waals surface area contributed by atoms with E-state index in [9.17, 15) is 18.3 Å². The fourth-order valence-electron chi connectivity index (χ4n) is 2.41. The number of alkyl halides is 3. The lowest BCUT2D eigenvalue weighted by Crippen LogP contribution is -2.33. The fraction of sp³-hybridized carbons (Fsp3) is 0.562. The average Bonchev–Trinajstić information content (AvgIpc) is 2.80. The van der Waals surface area contributed by atoms with E-state index in [0.717, 1.165) is 12.1 Å². The molecule has 4 nitrogen and oxygen atoms in total. The van der Waals surface area contributed by atoms with Gasteiger partial charge in [-0.25, -0.2) is 4.98 Å². The van der Waals surface area contributed by atoms with Crippen molar-refractivity contribution in [1.29, 1.82) is 0 Å². The van der Waals surface area contributed by atoms with Gasteiger partial charge in [0.25, 0.3) is 0 Å². The Morgan fingerprint density at radius 1 is 1.26 bits per heavy atom. The van der Waals surface area contributed by atoms with Gasteiger partial charge in [0.15, 0.2) is 0 Å². The van der Waals surface area contributed by atoms with Gasteiger partial charge in [-0.2, -0.15) is 13.2 Å². The highest BCUT2D eigenvalue weighted by Crippen LogP contribution is 2.31. The van der Waals surface area contributed by atoms with E-state index in [-0.39, 0.29) is 12.0 Å². The molecule has 1 heterocycles. The molecule has 0 saturated carbocycles. The van der Waals surface area contributed by atoms with Gasteiger partial charge in [-0.15, -0.1) is 0 Å². The Labute approximate surface area is 133 Å². The molecule has 0 radical (unpaired) electrons. The zero-order valence-corrected chi connectivity index (χ0v) is 13.6. The van der Waals surface area contributed by atoms with E-state index in [1.807, 2.05) is 20.8 Å². The molecule has 1 aromatic heterocycles. The smallest absolute Gasteiger partial charge is 0.392 e. The van der Waals surface area contributed by atoms with Crippen molar-refractivity contribution in [1.82, 2.24) is 14.9 Å². The molecule has 2 unspecified atom stereocenters. The maximum atomic E-state index is 12.8. The third-order valence-electron chi connectivity index (χ3n) is 4.03. The van der Waals surface area contributed by atoms with Crippen molar-refractivity contribution in [2.75, 3.05) is 6.54 Å². The van der Waals surface area contributed by atoms with Crippen LogP contribution in [0.4, 0.5) is 13.2 Å². The number of imidazole rings is 1. The summed E-state index contributed by atoms with van der Waals surface area (Å²) in [5.41, 5.74) is 0.256. The van der Waals surface area contributed by atoms with Crippen molar-refractivity contribution < 1.29 is 18.3 Å². The molecule has 0 aliphatic heterocycles. The van der Waals surface area contributed by atoms with Gasteiger partial charge >= 0.3 is 6.18 Å². The molecule has 23 heavy (non-hydrogen) atoms. The Kier molecular flexibility index (Phi) is 5.01. The van der Waals surface area contributed by atoms with Crippen LogP contribution in [0.2, 0.25) is 0 Å². The summed E-state index contributed by atoms with van der Waals surface area (Å²) in [5.74, 6) is 0.764. The number of hydrogen-bond acceptors (Lipinski definition) is 3. The first kappa shape index (κ1) is 17.7. The molecule has 0 aliphatic carbocycles. The summed E-state index contributed by atoms with van der Waals surface area (Å²) in [6, 6.07) is 3.38. The molecular formula is C16H22F3N3O. The molecule has 2 N–H and O–H groups in total. The van der Waals surface area contributed by atoms with Crippen molar-refractivity contribution in [3.63, 3.8) is 0 Å². The number of aliphatic hydroxyl groups excluding tert-OH is 1. The predicted octanol–water partition coefficient (Wildman–Crippen LogP) is 3.26. The molecule has 128 valence electrons. The largest absolute Gasteiger partial charge is 0.416 e. The Hall–Kier alpha value is -1.60. The van der Waals surface area contributed by atoms with Crippen LogP contribution in [0.15, 0.2) is 18.2 Å². The average molecular weight is 329 g/mol. The number of halogens is 3. The molecule has 0 spiro atoms. The van der Waals surface area contributed by atoms with Crippen LogP contribution in [0.3, 0.4) is 0 Å². The molecule has 1 aromatic carbocycles. The minimum absolute atomic E-state index is 0.129. The second-order valence-electron chi connectivity index (χ2n) is 6.17. The van der Waals surface area contributed by atoms with Gasteiger partial charge in [-0.05, 0) is 31.0 Å². The maximum Gasteiger partial charge on any atom is 0.416 e. The SMILES string of the molecule is CC(NCC(O)C(C)C)c1nc2cc(C(F)(F)F)ccc2n1C. The predicted molar refractivity (Wildman–Crippen MR) is 83.0 cm³/mol. The van der Waals surface area contributed by atoms with Gasteiger partial charge in [0.1, 0.15) is 5.82 Å². The van der Waals surface area contributed by atoms with Gasteiger partial charge in [-0.3, -0.25) is 0 Å². The standard InChI is InChI=1S/C16H22F3N3O/c1-9(2)14(23)8-20-10(3)15-21-12-7-11(16(17,18)19)5-6-13(12)22(15)4/h5-7,9-10,14,20,23H,8H2,1-4H3. The topological polar surface area (TPSA) is 50.1 Å². The van der Waals surface area contributed by atoms with Gasteiger partial charge in [0.05, 0.1) is 28.7 Å². The molecule has 0 saturated heterocycles. The third-order valence-corrected chi connectivity index (χ3v) is 4.03. The van der Waals surface area contributed by atoms with Gasteiger partial charge in [0.2, 0.25) is 0 Å². The van der Waals surface area contributed by atoms with Crippen molar-refractivity contribution in [3.05, 3.63) is 29.6 Å². The van der Waals surface area contributed by atoms with Gasteiger partial charge < -0.3 is 15.0 Å². The monoisotopic (exact) mass is 329 g/mol. The number of aromatic nitrogens is 2. The Morgan fingerprint density at radius 2 is 1.91 bits per heavy atom. The number of nitrogens with zero attached hydrogens (tertiary/aromatic N) is 2. The lowest BCUT2D eigenvalue weighted by Gasteiger charge is -2.19. The zero-order valence-electron chi connectivity index (χ0n) is 13.6. The number of nitrogens with one attached hydrogen (secondary N) is 1. The Morgan fingerprint density at radius 3 is 2.48 bits per heavy atom. The number of rotatable bonds is 5. The van der Waals surface area contributed by atoms with E-state index in [4.69, 9.17) is 0 Å².